The second-order valence-corrected chi connectivity index (χ2v) is 7.90. The minimum atomic E-state index is -0.570. The number of amides is 2. The largest absolute Gasteiger partial charge is 0.490 e. The molecule has 0 unspecified atom stereocenters. The first-order chi connectivity index (χ1) is 14.3. The molecule has 3 rings (SSSR count). The molecular formula is C21H28N4O5. The number of carbonyl (C=O) groups is 2. The molecule has 1 aromatic carbocycles. The lowest BCUT2D eigenvalue weighted by Gasteiger charge is -2.30. The van der Waals surface area contributed by atoms with Gasteiger partial charge in [-0.05, 0) is 39.8 Å². The molecule has 2 aromatic rings. The molecule has 0 spiro atoms. The number of hydrogen-bond donors (Lipinski definition) is 2. The number of benzene rings is 1. The molecule has 0 atom stereocenters. The van der Waals surface area contributed by atoms with Crippen molar-refractivity contribution >= 4 is 17.8 Å². The van der Waals surface area contributed by atoms with Gasteiger partial charge in [-0.3, -0.25) is 9.89 Å². The van der Waals surface area contributed by atoms with Gasteiger partial charge in [-0.1, -0.05) is 12.1 Å². The number of carbonyl (C=O) groups excluding carboxylic acids is 2. The Morgan fingerprint density at radius 1 is 1.20 bits per heavy atom. The van der Waals surface area contributed by atoms with Crippen LogP contribution in [0.1, 0.15) is 39.0 Å². The third-order valence-electron chi connectivity index (χ3n) is 4.35. The number of para-hydroxylation sites is 2. The Morgan fingerprint density at radius 2 is 1.90 bits per heavy atom. The van der Waals surface area contributed by atoms with Crippen molar-refractivity contribution in [3.63, 3.8) is 0 Å². The SMILES string of the molecule is CCOc1ccccc1OCC(=O)Nc1n[nH]c2c1CN(C(=O)OC(C)(C)C)CC2. The fourth-order valence-electron chi connectivity index (χ4n) is 3.04. The number of nitrogens with one attached hydrogen (secondary N) is 2. The lowest BCUT2D eigenvalue weighted by Crippen LogP contribution is -2.40. The van der Waals surface area contributed by atoms with Gasteiger partial charge in [0.2, 0.25) is 0 Å². The Labute approximate surface area is 175 Å². The fraction of sp³-hybridized carbons (Fsp3) is 0.476. The normalized spacial score (nSPS) is 13.4. The Kier molecular flexibility index (Phi) is 6.49. The van der Waals surface area contributed by atoms with E-state index in [0.717, 1.165) is 11.3 Å². The molecule has 9 heteroatoms. The van der Waals surface area contributed by atoms with Crippen LogP contribution in [0.3, 0.4) is 0 Å². The van der Waals surface area contributed by atoms with Crippen molar-refractivity contribution in [1.29, 1.82) is 0 Å². The Hall–Kier alpha value is -3.23. The molecule has 0 fully saturated rings. The third kappa shape index (κ3) is 5.43. The van der Waals surface area contributed by atoms with Crippen molar-refractivity contribution in [2.24, 2.45) is 0 Å². The second kappa shape index (κ2) is 9.06. The highest BCUT2D eigenvalue weighted by Crippen LogP contribution is 2.27. The zero-order valence-corrected chi connectivity index (χ0v) is 17.8. The number of anilines is 1. The molecule has 0 saturated heterocycles. The molecule has 9 nitrogen and oxygen atoms in total. The maximum atomic E-state index is 12.4. The Morgan fingerprint density at radius 3 is 2.57 bits per heavy atom. The minimum Gasteiger partial charge on any atom is -0.490 e. The van der Waals surface area contributed by atoms with E-state index in [-0.39, 0.29) is 18.6 Å². The summed E-state index contributed by atoms with van der Waals surface area (Å²) >= 11 is 0. The number of fused-ring (bicyclic) bond motifs is 1. The number of hydrogen-bond acceptors (Lipinski definition) is 6. The van der Waals surface area contributed by atoms with Crippen LogP contribution in [0.2, 0.25) is 0 Å². The molecule has 1 aromatic heterocycles. The first-order valence-electron chi connectivity index (χ1n) is 9.95. The lowest BCUT2D eigenvalue weighted by molar-refractivity contribution is -0.118. The van der Waals surface area contributed by atoms with Crippen LogP contribution in [0, 0.1) is 0 Å². The van der Waals surface area contributed by atoms with Crippen molar-refractivity contribution in [1.82, 2.24) is 15.1 Å². The van der Waals surface area contributed by atoms with Gasteiger partial charge in [0.15, 0.2) is 23.9 Å². The van der Waals surface area contributed by atoms with E-state index in [1.54, 1.807) is 17.0 Å². The van der Waals surface area contributed by atoms with Gasteiger partial charge >= 0.3 is 6.09 Å². The summed E-state index contributed by atoms with van der Waals surface area (Å²) in [6.45, 7) is 8.50. The molecule has 0 bridgehead atoms. The molecular weight excluding hydrogens is 388 g/mol. The van der Waals surface area contributed by atoms with Gasteiger partial charge in [0.05, 0.1) is 13.2 Å². The standard InChI is InChI=1S/C21H28N4O5/c1-5-28-16-8-6-7-9-17(16)29-13-18(26)22-19-14-12-25(11-10-15(14)23-24-19)20(27)30-21(2,3)4/h6-9H,5,10-13H2,1-4H3,(H2,22,23,24,26). The highest BCUT2D eigenvalue weighted by molar-refractivity contribution is 5.91. The molecule has 0 radical (unpaired) electrons. The quantitative estimate of drug-likeness (QED) is 0.750. The molecule has 2 heterocycles. The molecule has 2 amide bonds. The summed E-state index contributed by atoms with van der Waals surface area (Å²) in [7, 11) is 0. The van der Waals surface area contributed by atoms with E-state index in [2.05, 4.69) is 15.5 Å². The number of ether oxygens (including phenoxy) is 3. The predicted octanol–water partition coefficient (Wildman–Crippen LogP) is 3.12. The smallest absolute Gasteiger partial charge is 0.410 e. The van der Waals surface area contributed by atoms with Crippen LogP contribution < -0.4 is 14.8 Å². The average molecular weight is 416 g/mol. The van der Waals surface area contributed by atoms with E-state index in [4.69, 9.17) is 14.2 Å². The number of aromatic nitrogens is 2. The maximum absolute atomic E-state index is 12.4. The third-order valence-corrected chi connectivity index (χ3v) is 4.35. The Bertz CT molecular complexity index is 903. The van der Waals surface area contributed by atoms with Crippen LogP contribution in [0.15, 0.2) is 24.3 Å². The molecule has 2 N–H and O–H groups in total. The summed E-state index contributed by atoms with van der Waals surface area (Å²) < 4.78 is 16.5. The van der Waals surface area contributed by atoms with E-state index >= 15 is 0 Å². The summed E-state index contributed by atoms with van der Waals surface area (Å²) in [6.07, 6.45) is 0.220. The van der Waals surface area contributed by atoms with Crippen LogP contribution in [0.4, 0.5) is 10.6 Å². The van der Waals surface area contributed by atoms with E-state index in [0.29, 0.717) is 43.4 Å². The van der Waals surface area contributed by atoms with E-state index < -0.39 is 5.60 Å². The summed E-state index contributed by atoms with van der Waals surface area (Å²) in [4.78, 5) is 26.4. The predicted molar refractivity (Wildman–Crippen MR) is 111 cm³/mol. The summed E-state index contributed by atoms with van der Waals surface area (Å²) in [5.41, 5.74) is 1.10. The molecule has 162 valence electrons. The van der Waals surface area contributed by atoms with Gasteiger partial charge in [-0.15, -0.1) is 0 Å². The lowest BCUT2D eigenvalue weighted by atomic mass is 10.1. The summed E-state index contributed by atoms with van der Waals surface area (Å²) in [5, 5.41) is 9.88. The van der Waals surface area contributed by atoms with Gasteiger partial charge in [-0.25, -0.2) is 4.79 Å². The first kappa shape index (κ1) is 21.5. The van der Waals surface area contributed by atoms with E-state index in [1.165, 1.54) is 0 Å². The molecule has 30 heavy (non-hydrogen) atoms. The highest BCUT2D eigenvalue weighted by atomic mass is 16.6. The number of rotatable bonds is 6. The monoisotopic (exact) mass is 416 g/mol. The first-order valence-corrected chi connectivity index (χ1v) is 9.95. The molecule has 1 aliphatic rings. The van der Waals surface area contributed by atoms with Gasteiger partial charge in [0.25, 0.3) is 5.91 Å². The van der Waals surface area contributed by atoms with E-state index in [1.807, 2.05) is 39.8 Å². The molecule has 0 saturated carbocycles. The highest BCUT2D eigenvalue weighted by Gasteiger charge is 2.29. The van der Waals surface area contributed by atoms with Crippen LogP contribution >= 0.6 is 0 Å². The van der Waals surface area contributed by atoms with Crippen molar-refractivity contribution in [3.8, 4) is 11.5 Å². The Balaban J connectivity index is 1.61. The number of nitrogens with zero attached hydrogens (tertiary/aromatic N) is 2. The minimum absolute atomic E-state index is 0.193. The summed E-state index contributed by atoms with van der Waals surface area (Å²) in [6, 6.07) is 7.18. The van der Waals surface area contributed by atoms with Gasteiger partial charge in [0, 0.05) is 24.2 Å². The topological polar surface area (TPSA) is 106 Å². The van der Waals surface area contributed by atoms with E-state index in [9.17, 15) is 9.59 Å². The maximum Gasteiger partial charge on any atom is 0.410 e. The summed E-state index contributed by atoms with van der Waals surface area (Å²) in [5.74, 6) is 1.11. The van der Waals surface area contributed by atoms with Crippen molar-refractivity contribution < 1.29 is 23.8 Å². The molecule has 1 aliphatic heterocycles. The van der Waals surface area contributed by atoms with Gasteiger partial charge in [0.1, 0.15) is 5.60 Å². The fourth-order valence-corrected chi connectivity index (χ4v) is 3.04. The number of H-pyrrole nitrogens is 1. The zero-order chi connectivity index (χ0) is 21.7. The van der Waals surface area contributed by atoms with Crippen LogP contribution in [0.5, 0.6) is 11.5 Å². The van der Waals surface area contributed by atoms with Crippen molar-refractivity contribution in [2.75, 3.05) is 25.1 Å². The second-order valence-electron chi connectivity index (χ2n) is 7.90. The van der Waals surface area contributed by atoms with Gasteiger partial charge in [-0.2, -0.15) is 5.10 Å². The van der Waals surface area contributed by atoms with Crippen LogP contribution in [0.25, 0.3) is 0 Å². The van der Waals surface area contributed by atoms with Gasteiger partial charge < -0.3 is 24.4 Å². The van der Waals surface area contributed by atoms with Crippen molar-refractivity contribution in [3.05, 3.63) is 35.5 Å². The van der Waals surface area contributed by atoms with Crippen LogP contribution in [-0.4, -0.2) is 52.5 Å². The number of aromatic amines is 1. The van der Waals surface area contributed by atoms with Crippen LogP contribution in [-0.2, 0) is 22.5 Å². The van der Waals surface area contributed by atoms with Crippen molar-refractivity contribution in [2.45, 2.75) is 46.3 Å². The zero-order valence-electron chi connectivity index (χ0n) is 17.8. The average Bonchev–Trinajstić information content (AvgIpc) is 3.08. The molecule has 0 aliphatic carbocycles.